The Labute approximate surface area is 154 Å². The van der Waals surface area contributed by atoms with E-state index in [0.29, 0.717) is 6.54 Å². The lowest BCUT2D eigenvalue weighted by atomic mass is 10.00. The maximum absolute atomic E-state index is 13.4. The van der Waals surface area contributed by atoms with Gasteiger partial charge in [0, 0.05) is 26.2 Å². The molecule has 0 spiro atoms. The van der Waals surface area contributed by atoms with E-state index < -0.39 is 5.82 Å². The van der Waals surface area contributed by atoms with Crippen LogP contribution in [0.3, 0.4) is 0 Å². The van der Waals surface area contributed by atoms with E-state index in [1.165, 1.54) is 17.2 Å². The van der Waals surface area contributed by atoms with Crippen molar-refractivity contribution in [1.29, 1.82) is 0 Å². The summed E-state index contributed by atoms with van der Waals surface area (Å²) in [5.41, 5.74) is 2.86. The number of ether oxygens (including phenoxy) is 1. The zero-order chi connectivity index (χ0) is 18.2. The third-order valence-corrected chi connectivity index (χ3v) is 4.61. The number of benzene rings is 2. The molecule has 0 radical (unpaired) electrons. The third-order valence-electron chi connectivity index (χ3n) is 4.61. The number of rotatable bonds is 8. The highest BCUT2D eigenvalue weighted by Crippen LogP contribution is 2.18. The van der Waals surface area contributed by atoms with Gasteiger partial charge in [0.1, 0.15) is 0 Å². The van der Waals surface area contributed by atoms with Crippen LogP contribution in [0.4, 0.5) is 4.39 Å². The molecule has 0 aliphatic carbocycles. The van der Waals surface area contributed by atoms with Crippen LogP contribution in [0, 0.1) is 5.82 Å². The Kier molecular flexibility index (Phi) is 6.61. The first-order chi connectivity index (χ1) is 12.7. The summed E-state index contributed by atoms with van der Waals surface area (Å²) in [6, 6.07) is 14.8. The van der Waals surface area contributed by atoms with Crippen molar-refractivity contribution in [2.24, 2.45) is 0 Å². The smallest absolute Gasteiger partial charge is 0.223 e. The van der Waals surface area contributed by atoms with E-state index in [1.54, 1.807) is 18.2 Å². The van der Waals surface area contributed by atoms with Crippen molar-refractivity contribution in [3.05, 3.63) is 65.5 Å². The summed E-state index contributed by atoms with van der Waals surface area (Å²) in [5.74, 6) is -0.285. The van der Waals surface area contributed by atoms with Gasteiger partial charge in [-0.3, -0.25) is 9.69 Å². The van der Waals surface area contributed by atoms with E-state index in [2.05, 4.69) is 34.5 Å². The number of hydrogen-bond acceptors (Lipinski definition) is 3. The Morgan fingerprint density at radius 2 is 1.88 bits per heavy atom. The standard InChI is InChI=1S/C21H25FN2O2/c22-19-8-3-4-9-20(19)26-15-11-21(25)23-12-5-13-24-14-10-17-6-1-2-7-18(17)16-24/h1-4,6-9H,5,10-16H2,(H,23,25). The predicted molar refractivity (Wildman–Crippen MR) is 99.6 cm³/mol. The molecule has 5 heteroatoms. The molecule has 0 bridgehead atoms. The summed E-state index contributed by atoms with van der Waals surface area (Å²) < 4.78 is 18.7. The van der Waals surface area contributed by atoms with E-state index in [-0.39, 0.29) is 24.7 Å². The molecular formula is C21H25FN2O2. The summed E-state index contributed by atoms with van der Waals surface area (Å²) >= 11 is 0. The average molecular weight is 356 g/mol. The fraction of sp³-hybridized carbons (Fsp3) is 0.381. The SMILES string of the molecule is O=C(CCOc1ccccc1F)NCCCN1CCc2ccccc2C1. The van der Waals surface area contributed by atoms with Crippen molar-refractivity contribution in [2.45, 2.75) is 25.8 Å². The molecule has 0 unspecified atom stereocenters. The molecule has 0 aromatic heterocycles. The first-order valence-corrected chi connectivity index (χ1v) is 9.15. The molecule has 2 aromatic rings. The zero-order valence-electron chi connectivity index (χ0n) is 14.9. The molecule has 0 saturated carbocycles. The van der Waals surface area contributed by atoms with E-state index in [9.17, 15) is 9.18 Å². The Bertz CT molecular complexity index is 735. The summed E-state index contributed by atoms with van der Waals surface area (Å²) in [5, 5.41) is 2.90. The van der Waals surface area contributed by atoms with Gasteiger partial charge in [0.15, 0.2) is 11.6 Å². The first kappa shape index (κ1) is 18.4. The molecule has 1 aliphatic rings. The number of nitrogens with zero attached hydrogens (tertiary/aromatic N) is 1. The Morgan fingerprint density at radius 1 is 1.12 bits per heavy atom. The van der Waals surface area contributed by atoms with Crippen LogP contribution in [0.1, 0.15) is 24.0 Å². The molecular weight excluding hydrogens is 331 g/mol. The lowest BCUT2D eigenvalue weighted by Crippen LogP contribution is -2.34. The van der Waals surface area contributed by atoms with Gasteiger partial charge in [-0.2, -0.15) is 0 Å². The molecule has 1 N–H and O–H groups in total. The molecule has 26 heavy (non-hydrogen) atoms. The van der Waals surface area contributed by atoms with Crippen LogP contribution in [-0.2, 0) is 17.8 Å². The molecule has 2 aromatic carbocycles. The van der Waals surface area contributed by atoms with Crippen LogP contribution >= 0.6 is 0 Å². The van der Waals surface area contributed by atoms with Gasteiger partial charge in [0.25, 0.3) is 0 Å². The van der Waals surface area contributed by atoms with Crippen molar-refractivity contribution in [3.8, 4) is 5.75 Å². The summed E-state index contributed by atoms with van der Waals surface area (Å²) in [4.78, 5) is 14.3. The minimum Gasteiger partial charge on any atom is -0.490 e. The fourth-order valence-electron chi connectivity index (χ4n) is 3.18. The zero-order valence-corrected chi connectivity index (χ0v) is 14.9. The number of carbonyl (C=O) groups excluding carboxylic acids is 1. The third kappa shape index (κ3) is 5.30. The van der Waals surface area contributed by atoms with Gasteiger partial charge in [0.05, 0.1) is 13.0 Å². The van der Waals surface area contributed by atoms with Crippen LogP contribution in [-0.4, -0.2) is 37.0 Å². The van der Waals surface area contributed by atoms with Crippen molar-refractivity contribution >= 4 is 5.91 Å². The van der Waals surface area contributed by atoms with Crippen molar-refractivity contribution in [1.82, 2.24) is 10.2 Å². The largest absolute Gasteiger partial charge is 0.490 e. The number of hydrogen-bond donors (Lipinski definition) is 1. The first-order valence-electron chi connectivity index (χ1n) is 9.15. The second-order valence-corrected chi connectivity index (χ2v) is 6.53. The van der Waals surface area contributed by atoms with E-state index in [4.69, 9.17) is 4.74 Å². The van der Waals surface area contributed by atoms with Crippen molar-refractivity contribution in [2.75, 3.05) is 26.2 Å². The van der Waals surface area contributed by atoms with E-state index in [1.807, 2.05) is 0 Å². The highest BCUT2D eigenvalue weighted by Gasteiger charge is 2.14. The second kappa shape index (κ2) is 9.34. The van der Waals surface area contributed by atoms with Gasteiger partial charge in [-0.25, -0.2) is 4.39 Å². The molecule has 1 heterocycles. The van der Waals surface area contributed by atoms with Gasteiger partial charge >= 0.3 is 0 Å². The number of amides is 1. The van der Waals surface area contributed by atoms with Crippen molar-refractivity contribution < 1.29 is 13.9 Å². The average Bonchev–Trinajstić information content (AvgIpc) is 2.67. The highest BCUT2D eigenvalue weighted by atomic mass is 19.1. The monoisotopic (exact) mass is 356 g/mol. The molecule has 4 nitrogen and oxygen atoms in total. The molecule has 0 saturated heterocycles. The van der Waals surface area contributed by atoms with Crippen molar-refractivity contribution in [3.63, 3.8) is 0 Å². The lowest BCUT2D eigenvalue weighted by molar-refractivity contribution is -0.121. The normalized spacial score (nSPS) is 13.9. The summed E-state index contributed by atoms with van der Waals surface area (Å²) in [6.07, 6.45) is 2.24. The quantitative estimate of drug-likeness (QED) is 0.739. The minimum absolute atomic E-state index is 0.0645. The van der Waals surface area contributed by atoms with Crippen LogP contribution < -0.4 is 10.1 Å². The van der Waals surface area contributed by atoms with Gasteiger partial charge < -0.3 is 10.1 Å². The number of nitrogens with one attached hydrogen (secondary N) is 1. The Morgan fingerprint density at radius 3 is 2.73 bits per heavy atom. The lowest BCUT2D eigenvalue weighted by Gasteiger charge is -2.28. The van der Waals surface area contributed by atoms with Gasteiger partial charge in [-0.1, -0.05) is 36.4 Å². The van der Waals surface area contributed by atoms with Gasteiger partial charge in [0.2, 0.25) is 5.91 Å². The summed E-state index contributed by atoms with van der Waals surface area (Å²) in [7, 11) is 0. The molecule has 138 valence electrons. The van der Waals surface area contributed by atoms with Crippen LogP contribution in [0.15, 0.2) is 48.5 Å². The Hall–Kier alpha value is -2.40. The van der Waals surface area contributed by atoms with E-state index in [0.717, 1.165) is 32.5 Å². The number of halogens is 1. The van der Waals surface area contributed by atoms with Crippen LogP contribution in [0.5, 0.6) is 5.75 Å². The topological polar surface area (TPSA) is 41.6 Å². The number of para-hydroxylation sites is 1. The molecule has 0 atom stereocenters. The highest BCUT2D eigenvalue weighted by molar-refractivity contribution is 5.75. The van der Waals surface area contributed by atoms with Crippen LogP contribution in [0.2, 0.25) is 0 Å². The molecule has 0 fully saturated rings. The number of fused-ring (bicyclic) bond motifs is 1. The number of carbonyl (C=O) groups is 1. The van der Waals surface area contributed by atoms with Gasteiger partial charge in [-0.05, 0) is 36.1 Å². The maximum atomic E-state index is 13.4. The molecule has 1 aliphatic heterocycles. The molecule has 3 rings (SSSR count). The minimum atomic E-state index is -0.406. The predicted octanol–water partition coefficient (Wildman–Crippen LogP) is 3.16. The molecule has 1 amide bonds. The maximum Gasteiger partial charge on any atom is 0.223 e. The summed E-state index contributed by atoms with van der Waals surface area (Å²) in [6.45, 7) is 3.86. The van der Waals surface area contributed by atoms with E-state index >= 15 is 0 Å². The fourth-order valence-corrected chi connectivity index (χ4v) is 3.18. The Balaban J connectivity index is 1.28. The second-order valence-electron chi connectivity index (χ2n) is 6.53. The van der Waals surface area contributed by atoms with Crippen LogP contribution in [0.25, 0.3) is 0 Å². The van der Waals surface area contributed by atoms with Gasteiger partial charge in [-0.15, -0.1) is 0 Å².